The van der Waals surface area contributed by atoms with Crippen molar-refractivity contribution in [1.82, 2.24) is 4.98 Å². The first-order chi connectivity index (χ1) is 12.0. The van der Waals surface area contributed by atoms with Crippen LogP contribution >= 0.6 is 22.7 Å². The number of nitrogens with one attached hydrogen (secondary N) is 1. The van der Waals surface area contributed by atoms with E-state index < -0.39 is 5.97 Å². The van der Waals surface area contributed by atoms with E-state index in [-0.39, 0.29) is 5.91 Å². The smallest absolute Gasteiger partial charge is 0.348 e. The Balaban J connectivity index is 1.74. The van der Waals surface area contributed by atoms with Crippen LogP contribution in [0.2, 0.25) is 0 Å². The molecule has 2 heterocycles. The minimum absolute atomic E-state index is 0.291. The summed E-state index contributed by atoms with van der Waals surface area (Å²) in [7, 11) is 1.31. The molecule has 5 nitrogen and oxygen atoms in total. The van der Waals surface area contributed by atoms with Gasteiger partial charge in [-0.25, -0.2) is 9.78 Å². The summed E-state index contributed by atoms with van der Waals surface area (Å²) < 4.78 is 4.65. The van der Waals surface area contributed by atoms with E-state index in [0.29, 0.717) is 14.9 Å². The Hall–Kier alpha value is -2.51. The molecule has 0 saturated heterocycles. The maximum absolute atomic E-state index is 12.3. The summed E-state index contributed by atoms with van der Waals surface area (Å²) in [5.74, 6) is -0.739. The third kappa shape index (κ3) is 3.78. The number of amides is 1. The fraction of sp³-hybridized carbons (Fsp3) is 0.167. The van der Waals surface area contributed by atoms with E-state index in [1.165, 1.54) is 29.6 Å². The molecule has 25 heavy (non-hydrogen) atoms. The molecule has 7 heteroatoms. The van der Waals surface area contributed by atoms with Crippen molar-refractivity contribution in [2.45, 2.75) is 13.8 Å². The van der Waals surface area contributed by atoms with Crippen LogP contribution in [0.5, 0.6) is 0 Å². The number of hydrogen-bond donors (Lipinski definition) is 1. The van der Waals surface area contributed by atoms with Gasteiger partial charge in [-0.3, -0.25) is 10.1 Å². The molecule has 0 radical (unpaired) electrons. The van der Waals surface area contributed by atoms with Crippen molar-refractivity contribution in [1.29, 1.82) is 0 Å². The Morgan fingerprint density at radius 1 is 1.08 bits per heavy atom. The van der Waals surface area contributed by atoms with Crippen molar-refractivity contribution >= 4 is 39.7 Å². The van der Waals surface area contributed by atoms with Gasteiger partial charge >= 0.3 is 5.97 Å². The molecular weight excluding hydrogens is 356 g/mol. The highest BCUT2D eigenvalue weighted by molar-refractivity contribution is 7.16. The van der Waals surface area contributed by atoms with Crippen molar-refractivity contribution in [3.63, 3.8) is 0 Å². The summed E-state index contributed by atoms with van der Waals surface area (Å²) in [6, 6.07) is 9.34. The maximum atomic E-state index is 12.3. The van der Waals surface area contributed by atoms with Crippen LogP contribution in [0.15, 0.2) is 35.7 Å². The number of anilines is 1. The molecule has 0 atom stereocenters. The first kappa shape index (κ1) is 17.3. The topological polar surface area (TPSA) is 68.3 Å². The second-order valence-electron chi connectivity index (χ2n) is 5.45. The Bertz CT molecular complexity index is 943. The van der Waals surface area contributed by atoms with Gasteiger partial charge in [-0.05, 0) is 43.2 Å². The van der Waals surface area contributed by atoms with Crippen LogP contribution in [0, 0.1) is 13.8 Å². The maximum Gasteiger partial charge on any atom is 0.348 e. The zero-order valence-corrected chi connectivity index (χ0v) is 15.6. The normalized spacial score (nSPS) is 10.5. The molecule has 2 aromatic heterocycles. The number of carbonyl (C=O) groups excluding carboxylic acids is 2. The van der Waals surface area contributed by atoms with Gasteiger partial charge in [-0.2, -0.15) is 0 Å². The molecule has 3 aromatic rings. The highest BCUT2D eigenvalue weighted by Gasteiger charge is 2.15. The molecule has 0 spiro atoms. The molecule has 128 valence electrons. The van der Waals surface area contributed by atoms with E-state index in [0.717, 1.165) is 22.6 Å². The first-order valence-corrected chi connectivity index (χ1v) is 9.20. The zero-order chi connectivity index (χ0) is 18.0. The number of esters is 1. The van der Waals surface area contributed by atoms with Crippen LogP contribution in [0.4, 0.5) is 5.13 Å². The number of benzene rings is 1. The third-order valence-corrected chi connectivity index (χ3v) is 5.57. The molecular formula is C18H16N2O3S2. The van der Waals surface area contributed by atoms with Gasteiger partial charge in [0.15, 0.2) is 5.13 Å². The summed E-state index contributed by atoms with van der Waals surface area (Å²) in [6.45, 7) is 4.12. The van der Waals surface area contributed by atoms with Crippen LogP contribution in [-0.2, 0) is 4.74 Å². The second-order valence-corrected chi connectivity index (χ2v) is 7.39. The van der Waals surface area contributed by atoms with Gasteiger partial charge < -0.3 is 4.74 Å². The largest absolute Gasteiger partial charge is 0.465 e. The lowest BCUT2D eigenvalue weighted by Gasteiger charge is -2.02. The summed E-state index contributed by atoms with van der Waals surface area (Å²) in [4.78, 5) is 29.1. The van der Waals surface area contributed by atoms with Gasteiger partial charge in [0, 0.05) is 10.9 Å². The third-order valence-electron chi connectivity index (χ3n) is 3.74. The SMILES string of the molecule is COC(=O)c1ccc(C(=O)Nc2nc(-c3ccc(C)c(C)c3)cs2)s1. The number of aryl methyl sites for hydroxylation is 2. The number of hydrogen-bond acceptors (Lipinski definition) is 6. The van der Waals surface area contributed by atoms with E-state index in [2.05, 4.69) is 41.0 Å². The number of thiophene rings is 1. The van der Waals surface area contributed by atoms with Crippen molar-refractivity contribution in [3.05, 3.63) is 56.6 Å². The van der Waals surface area contributed by atoms with Crippen LogP contribution in [0.1, 0.15) is 30.5 Å². The van der Waals surface area contributed by atoms with Gasteiger partial charge in [0.2, 0.25) is 0 Å². The first-order valence-electron chi connectivity index (χ1n) is 7.50. The minimum Gasteiger partial charge on any atom is -0.465 e. The van der Waals surface area contributed by atoms with E-state index >= 15 is 0 Å². The molecule has 0 unspecified atom stereocenters. The van der Waals surface area contributed by atoms with Crippen LogP contribution < -0.4 is 5.32 Å². The second kappa shape index (κ2) is 7.16. The summed E-state index contributed by atoms with van der Waals surface area (Å²) in [5.41, 5.74) is 4.27. The Labute approximate surface area is 153 Å². The van der Waals surface area contributed by atoms with Crippen LogP contribution in [0.25, 0.3) is 11.3 Å². The summed E-state index contributed by atoms with van der Waals surface area (Å²) in [6.07, 6.45) is 0. The van der Waals surface area contributed by atoms with Crippen molar-refractivity contribution in [2.24, 2.45) is 0 Å². The highest BCUT2D eigenvalue weighted by Crippen LogP contribution is 2.27. The zero-order valence-electron chi connectivity index (χ0n) is 14.0. The molecule has 0 aliphatic rings. The number of ether oxygens (including phenoxy) is 1. The van der Waals surface area contributed by atoms with E-state index in [1.54, 1.807) is 12.1 Å². The fourth-order valence-corrected chi connectivity index (χ4v) is 3.73. The quantitative estimate of drug-likeness (QED) is 0.683. The highest BCUT2D eigenvalue weighted by atomic mass is 32.1. The average molecular weight is 372 g/mol. The Kier molecular flexibility index (Phi) is 4.96. The number of rotatable bonds is 4. The van der Waals surface area contributed by atoms with Crippen LogP contribution in [0.3, 0.4) is 0 Å². The standard InChI is InChI=1S/C18H16N2O3S2/c1-10-4-5-12(8-11(10)2)13-9-24-18(19-13)20-16(21)14-6-7-15(25-14)17(22)23-3/h4-9H,1-3H3,(H,19,20,21). The number of nitrogens with zero attached hydrogens (tertiary/aromatic N) is 1. The lowest BCUT2D eigenvalue weighted by atomic mass is 10.1. The Morgan fingerprint density at radius 2 is 1.84 bits per heavy atom. The molecule has 1 N–H and O–H groups in total. The molecule has 1 aromatic carbocycles. The minimum atomic E-state index is -0.449. The number of methoxy groups -OCH3 is 1. The van der Waals surface area contributed by atoms with E-state index in [9.17, 15) is 9.59 Å². The molecule has 0 bridgehead atoms. The fourth-order valence-electron chi connectivity index (χ4n) is 2.19. The van der Waals surface area contributed by atoms with E-state index in [4.69, 9.17) is 0 Å². The van der Waals surface area contributed by atoms with Gasteiger partial charge in [0.1, 0.15) is 4.88 Å². The lowest BCUT2D eigenvalue weighted by Crippen LogP contribution is -2.09. The monoisotopic (exact) mass is 372 g/mol. The van der Waals surface area contributed by atoms with Crippen molar-refractivity contribution in [2.75, 3.05) is 12.4 Å². The average Bonchev–Trinajstić information content (AvgIpc) is 3.26. The van der Waals surface area contributed by atoms with Crippen molar-refractivity contribution < 1.29 is 14.3 Å². The van der Waals surface area contributed by atoms with E-state index in [1.807, 2.05) is 11.4 Å². The van der Waals surface area contributed by atoms with Gasteiger partial charge in [-0.1, -0.05) is 12.1 Å². The molecule has 0 fully saturated rings. The molecule has 1 amide bonds. The molecule has 0 aliphatic heterocycles. The number of aromatic nitrogens is 1. The molecule has 0 aliphatic carbocycles. The predicted molar refractivity (Wildman–Crippen MR) is 101 cm³/mol. The van der Waals surface area contributed by atoms with Gasteiger partial charge in [-0.15, -0.1) is 22.7 Å². The summed E-state index contributed by atoms with van der Waals surface area (Å²) >= 11 is 2.45. The molecule has 0 saturated carbocycles. The van der Waals surface area contributed by atoms with Crippen LogP contribution in [-0.4, -0.2) is 24.0 Å². The summed E-state index contributed by atoms with van der Waals surface area (Å²) in [5, 5.41) is 5.20. The number of carbonyl (C=O) groups is 2. The number of thiazole rings is 1. The lowest BCUT2D eigenvalue weighted by molar-refractivity contribution is 0.0606. The van der Waals surface area contributed by atoms with Crippen molar-refractivity contribution in [3.8, 4) is 11.3 Å². The van der Waals surface area contributed by atoms with Gasteiger partial charge in [0.25, 0.3) is 5.91 Å². The Morgan fingerprint density at radius 3 is 2.56 bits per heavy atom. The molecule has 3 rings (SSSR count). The predicted octanol–water partition coefficient (Wildman–Crippen LogP) is 4.53. The van der Waals surface area contributed by atoms with Gasteiger partial charge in [0.05, 0.1) is 17.7 Å².